The molecular formula is C17H14Cl2O2. The number of halogens is 2. The van der Waals surface area contributed by atoms with Gasteiger partial charge in [0.05, 0.1) is 16.3 Å². The Morgan fingerprint density at radius 1 is 1.05 bits per heavy atom. The summed E-state index contributed by atoms with van der Waals surface area (Å²) in [6.07, 6.45) is 3.00. The average molecular weight is 321 g/mol. The van der Waals surface area contributed by atoms with Crippen molar-refractivity contribution in [3.8, 4) is 0 Å². The monoisotopic (exact) mass is 320 g/mol. The minimum atomic E-state index is 0.419. The van der Waals surface area contributed by atoms with Crippen LogP contribution in [0.5, 0.6) is 0 Å². The van der Waals surface area contributed by atoms with Crippen LogP contribution in [0.15, 0.2) is 54.8 Å². The van der Waals surface area contributed by atoms with Gasteiger partial charge in [0.2, 0.25) is 0 Å². The van der Waals surface area contributed by atoms with Gasteiger partial charge in [0, 0.05) is 0 Å². The number of rotatable bonds is 6. The zero-order valence-electron chi connectivity index (χ0n) is 11.3. The van der Waals surface area contributed by atoms with Crippen molar-refractivity contribution in [2.45, 2.75) is 12.8 Å². The van der Waals surface area contributed by atoms with E-state index in [4.69, 9.17) is 27.9 Å². The number of carbonyl (C=O) groups excluding carboxylic acids is 1. The van der Waals surface area contributed by atoms with Crippen molar-refractivity contribution in [3.63, 3.8) is 0 Å². The van der Waals surface area contributed by atoms with Gasteiger partial charge in [-0.15, -0.1) is 0 Å². The fraction of sp³-hybridized carbons (Fsp3) is 0.118. The molecule has 0 saturated heterocycles. The first-order valence-corrected chi connectivity index (χ1v) is 7.24. The summed E-state index contributed by atoms with van der Waals surface area (Å²) >= 11 is 11.9. The molecule has 0 amide bonds. The molecular weight excluding hydrogens is 307 g/mol. The van der Waals surface area contributed by atoms with Crippen molar-refractivity contribution in [2.75, 3.05) is 0 Å². The smallest absolute Gasteiger partial charge is 0.297 e. The van der Waals surface area contributed by atoms with Gasteiger partial charge in [0.15, 0.2) is 0 Å². The van der Waals surface area contributed by atoms with Crippen LogP contribution in [-0.4, -0.2) is 6.47 Å². The number of aryl methyl sites for hydroxylation is 1. The molecule has 108 valence electrons. The van der Waals surface area contributed by atoms with E-state index in [0.29, 0.717) is 16.5 Å². The Balaban J connectivity index is 2.12. The van der Waals surface area contributed by atoms with Gasteiger partial charge in [-0.3, -0.25) is 4.79 Å². The molecule has 4 heteroatoms. The summed E-state index contributed by atoms with van der Waals surface area (Å²) in [5.41, 5.74) is 3.06. The van der Waals surface area contributed by atoms with Gasteiger partial charge in [0.25, 0.3) is 6.47 Å². The largest absolute Gasteiger partial charge is 0.436 e. The molecule has 0 radical (unpaired) electrons. The van der Waals surface area contributed by atoms with E-state index in [2.05, 4.69) is 0 Å². The maximum atomic E-state index is 10.4. The first kappa shape index (κ1) is 15.6. The Kier molecular flexibility index (Phi) is 5.85. The van der Waals surface area contributed by atoms with E-state index in [1.165, 1.54) is 6.26 Å². The van der Waals surface area contributed by atoms with Crippen LogP contribution in [0.2, 0.25) is 10.0 Å². The third-order valence-electron chi connectivity index (χ3n) is 3.08. The van der Waals surface area contributed by atoms with Gasteiger partial charge in [-0.05, 0) is 41.7 Å². The molecule has 0 atom stereocenters. The SMILES string of the molecule is O=COC=C(CCc1ccc(Cl)c(Cl)c1)c1ccccc1. The number of benzene rings is 2. The minimum Gasteiger partial charge on any atom is -0.436 e. The Hall–Kier alpha value is -1.77. The lowest BCUT2D eigenvalue weighted by Crippen LogP contribution is -1.92. The summed E-state index contributed by atoms with van der Waals surface area (Å²) in [6.45, 7) is 0.419. The van der Waals surface area contributed by atoms with Crippen molar-refractivity contribution in [2.24, 2.45) is 0 Å². The number of carbonyl (C=O) groups is 1. The highest BCUT2D eigenvalue weighted by molar-refractivity contribution is 6.42. The predicted molar refractivity (Wildman–Crippen MR) is 86.4 cm³/mol. The zero-order chi connectivity index (χ0) is 15.1. The molecule has 0 heterocycles. The maximum absolute atomic E-state index is 10.4. The second-order valence-electron chi connectivity index (χ2n) is 4.49. The van der Waals surface area contributed by atoms with E-state index in [9.17, 15) is 4.79 Å². The normalized spacial score (nSPS) is 11.2. The molecule has 0 N–H and O–H groups in total. The molecule has 2 aromatic carbocycles. The summed E-state index contributed by atoms with van der Waals surface area (Å²) in [5.74, 6) is 0. The van der Waals surface area contributed by atoms with E-state index in [1.807, 2.05) is 42.5 Å². The summed E-state index contributed by atoms with van der Waals surface area (Å²) in [6, 6.07) is 15.4. The van der Waals surface area contributed by atoms with E-state index < -0.39 is 0 Å². The number of allylic oxidation sites excluding steroid dienone is 1. The molecule has 2 nitrogen and oxygen atoms in total. The van der Waals surface area contributed by atoms with Crippen LogP contribution in [0, 0.1) is 0 Å². The fourth-order valence-electron chi connectivity index (χ4n) is 2.01. The molecule has 0 spiro atoms. The lowest BCUT2D eigenvalue weighted by molar-refractivity contribution is -0.123. The average Bonchev–Trinajstić information content (AvgIpc) is 2.51. The fourth-order valence-corrected chi connectivity index (χ4v) is 2.33. The van der Waals surface area contributed by atoms with Gasteiger partial charge in [0.1, 0.15) is 0 Å². The van der Waals surface area contributed by atoms with Crippen LogP contribution in [0.25, 0.3) is 5.57 Å². The molecule has 0 aromatic heterocycles. The van der Waals surface area contributed by atoms with Crippen LogP contribution >= 0.6 is 23.2 Å². The lowest BCUT2D eigenvalue weighted by atomic mass is 9.99. The lowest BCUT2D eigenvalue weighted by Gasteiger charge is -2.08. The Labute approximate surface area is 134 Å². The number of hydrogen-bond acceptors (Lipinski definition) is 2. The highest BCUT2D eigenvalue weighted by atomic mass is 35.5. The topological polar surface area (TPSA) is 26.3 Å². The van der Waals surface area contributed by atoms with Crippen LogP contribution in [-0.2, 0) is 16.0 Å². The number of ether oxygens (including phenoxy) is 1. The number of hydrogen-bond donors (Lipinski definition) is 0. The second-order valence-corrected chi connectivity index (χ2v) is 5.30. The van der Waals surface area contributed by atoms with Crippen LogP contribution in [0.1, 0.15) is 17.5 Å². The highest BCUT2D eigenvalue weighted by Gasteiger charge is 2.05. The van der Waals surface area contributed by atoms with Crippen molar-refractivity contribution < 1.29 is 9.53 Å². The van der Waals surface area contributed by atoms with Gasteiger partial charge in [-0.25, -0.2) is 0 Å². The van der Waals surface area contributed by atoms with E-state index >= 15 is 0 Å². The van der Waals surface area contributed by atoms with Gasteiger partial charge >= 0.3 is 0 Å². The van der Waals surface area contributed by atoms with Crippen LogP contribution in [0.3, 0.4) is 0 Å². The Bertz CT molecular complexity index is 636. The van der Waals surface area contributed by atoms with Crippen LogP contribution < -0.4 is 0 Å². The first-order valence-electron chi connectivity index (χ1n) is 6.48. The maximum Gasteiger partial charge on any atom is 0.297 e. The summed E-state index contributed by atoms with van der Waals surface area (Å²) in [5, 5.41) is 1.09. The molecule has 2 rings (SSSR count). The Morgan fingerprint density at radius 3 is 2.48 bits per heavy atom. The van der Waals surface area contributed by atoms with Crippen molar-refractivity contribution in [1.29, 1.82) is 0 Å². The van der Waals surface area contributed by atoms with Crippen LogP contribution in [0.4, 0.5) is 0 Å². The van der Waals surface area contributed by atoms with E-state index in [-0.39, 0.29) is 0 Å². The zero-order valence-corrected chi connectivity index (χ0v) is 12.8. The van der Waals surface area contributed by atoms with Crippen molar-refractivity contribution in [1.82, 2.24) is 0 Å². The molecule has 0 bridgehead atoms. The molecule has 0 aliphatic carbocycles. The second kappa shape index (κ2) is 7.87. The quantitative estimate of drug-likeness (QED) is 0.544. The van der Waals surface area contributed by atoms with Crippen molar-refractivity contribution in [3.05, 3.63) is 76.0 Å². The predicted octanol–water partition coefficient (Wildman–Crippen LogP) is 5.14. The molecule has 0 unspecified atom stereocenters. The molecule has 2 aromatic rings. The van der Waals surface area contributed by atoms with Gasteiger partial charge in [-0.2, -0.15) is 0 Å². The Morgan fingerprint density at radius 2 is 1.81 bits per heavy atom. The minimum absolute atomic E-state index is 0.419. The molecule has 21 heavy (non-hydrogen) atoms. The summed E-state index contributed by atoms with van der Waals surface area (Å²) < 4.78 is 4.79. The molecule has 0 fully saturated rings. The van der Waals surface area contributed by atoms with Gasteiger partial charge < -0.3 is 4.74 Å². The molecule has 0 aliphatic heterocycles. The highest BCUT2D eigenvalue weighted by Crippen LogP contribution is 2.25. The summed E-state index contributed by atoms with van der Waals surface area (Å²) in [7, 11) is 0. The van der Waals surface area contributed by atoms with Gasteiger partial charge in [-0.1, -0.05) is 59.6 Å². The summed E-state index contributed by atoms with van der Waals surface area (Å²) in [4.78, 5) is 10.4. The standard InChI is InChI=1S/C17H14Cl2O2/c18-16-9-7-13(10-17(16)19)6-8-15(11-21-12-20)14-4-2-1-3-5-14/h1-5,7,9-12H,6,8H2. The third-order valence-corrected chi connectivity index (χ3v) is 3.82. The van der Waals surface area contributed by atoms with Crippen molar-refractivity contribution >= 4 is 35.2 Å². The first-order chi connectivity index (χ1) is 10.2. The third kappa shape index (κ3) is 4.62. The molecule has 0 aliphatic rings. The van der Waals surface area contributed by atoms with E-state index in [1.54, 1.807) is 6.07 Å². The van der Waals surface area contributed by atoms with E-state index in [0.717, 1.165) is 29.5 Å². The molecule has 0 saturated carbocycles.